The van der Waals surface area contributed by atoms with E-state index in [4.69, 9.17) is 9.47 Å². The number of amides is 2. The lowest BCUT2D eigenvalue weighted by Crippen LogP contribution is -2.53. The van der Waals surface area contributed by atoms with Crippen molar-refractivity contribution in [3.05, 3.63) is 120 Å². The molecule has 0 saturated heterocycles. The second kappa shape index (κ2) is 15.0. The number of nitrogens with zero attached hydrogens (tertiary/aromatic N) is 2. The van der Waals surface area contributed by atoms with Gasteiger partial charge in [-0.15, -0.1) is 0 Å². The zero-order chi connectivity index (χ0) is 32.5. The van der Waals surface area contributed by atoms with Crippen molar-refractivity contribution in [3.8, 4) is 11.5 Å². The molecule has 1 atom stereocenters. The predicted octanol–water partition coefficient (Wildman–Crippen LogP) is 5.07. The summed E-state index contributed by atoms with van der Waals surface area (Å²) in [6.45, 7) is 4.69. The van der Waals surface area contributed by atoms with Crippen LogP contribution in [-0.4, -0.2) is 57.5 Å². The van der Waals surface area contributed by atoms with Gasteiger partial charge in [0.1, 0.15) is 25.8 Å². The maximum Gasteiger partial charge on any atom is 0.264 e. The molecule has 0 unspecified atom stereocenters. The van der Waals surface area contributed by atoms with Crippen LogP contribution in [0.15, 0.2) is 114 Å². The van der Waals surface area contributed by atoms with E-state index < -0.39 is 28.5 Å². The number of ether oxygens (including phenoxy) is 2. The van der Waals surface area contributed by atoms with Crippen molar-refractivity contribution in [2.45, 2.75) is 37.8 Å². The molecule has 4 aromatic carbocycles. The number of benzene rings is 4. The first kappa shape index (κ1) is 32.6. The number of rotatable bonds is 13. The summed E-state index contributed by atoms with van der Waals surface area (Å²) in [5, 5.41) is 3.00. The number of nitrogens with one attached hydrogen (secondary N) is 1. The molecular formula is C36H39N3O6S. The Kier molecular flexibility index (Phi) is 10.6. The Morgan fingerprint density at radius 1 is 0.783 bits per heavy atom. The average Bonchev–Trinajstić information content (AvgIpc) is 3.08. The van der Waals surface area contributed by atoms with Gasteiger partial charge < -0.3 is 19.7 Å². The number of carbonyl (C=O) groups is 2. The Bertz CT molecular complexity index is 1720. The summed E-state index contributed by atoms with van der Waals surface area (Å²) in [7, 11) is -4.22. The Hall–Kier alpha value is -4.83. The first-order valence-corrected chi connectivity index (χ1v) is 16.8. The predicted molar refractivity (Wildman–Crippen MR) is 177 cm³/mol. The fourth-order valence-electron chi connectivity index (χ4n) is 5.19. The molecule has 0 saturated carbocycles. The van der Waals surface area contributed by atoms with Crippen molar-refractivity contribution >= 4 is 27.5 Å². The molecule has 5 rings (SSSR count). The molecule has 2 amide bonds. The fourth-order valence-corrected chi connectivity index (χ4v) is 6.62. The number of anilines is 1. The summed E-state index contributed by atoms with van der Waals surface area (Å²) in [4.78, 5) is 29.9. The number of hydrogen-bond acceptors (Lipinski definition) is 6. The molecule has 0 radical (unpaired) electrons. The van der Waals surface area contributed by atoms with Crippen molar-refractivity contribution in [3.63, 3.8) is 0 Å². The third-order valence-corrected chi connectivity index (χ3v) is 9.36. The molecule has 1 N–H and O–H groups in total. The van der Waals surface area contributed by atoms with Gasteiger partial charge in [0.25, 0.3) is 10.0 Å². The molecule has 0 fully saturated rings. The molecule has 4 aromatic rings. The fraction of sp³-hybridized carbons (Fsp3) is 0.278. The van der Waals surface area contributed by atoms with Crippen molar-refractivity contribution in [1.82, 2.24) is 10.2 Å². The van der Waals surface area contributed by atoms with Crippen molar-refractivity contribution in [2.24, 2.45) is 5.92 Å². The lowest BCUT2D eigenvalue weighted by molar-refractivity contribution is -0.140. The minimum atomic E-state index is -4.22. The zero-order valence-corrected chi connectivity index (χ0v) is 26.9. The van der Waals surface area contributed by atoms with E-state index in [0.29, 0.717) is 31.3 Å². The van der Waals surface area contributed by atoms with Gasteiger partial charge in [-0.3, -0.25) is 13.9 Å². The van der Waals surface area contributed by atoms with E-state index in [0.717, 1.165) is 15.4 Å². The topological polar surface area (TPSA) is 105 Å². The van der Waals surface area contributed by atoms with Crippen LogP contribution < -0.4 is 19.1 Å². The van der Waals surface area contributed by atoms with Crippen LogP contribution in [0.2, 0.25) is 0 Å². The minimum absolute atomic E-state index is 0.0304. The van der Waals surface area contributed by atoms with E-state index in [1.807, 2.05) is 74.5 Å². The standard InChI is InChI=1S/C36H39N3O6S/c1-27(2)24-37-36(41)32(22-28-12-6-3-7-13-28)38(25-29-14-8-4-9-15-29)35(40)26-39(46(42,43)31-16-10-5-11-17-31)30-18-19-33-34(23-30)45-21-20-44-33/h3-19,23,27,32H,20-22,24-26H2,1-2H3,(H,37,41)/t32-/m1/s1. The van der Waals surface area contributed by atoms with Gasteiger partial charge in [-0.25, -0.2) is 8.42 Å². The van der Waals surface area contributed by atoms with Crippen molar-refractivity contribution < 1.29 is 27.5 Å². The molecule has 46 heavy (non-hydrogen) atoms. The highest BCUT2D eigenvalue weighted by Crippen LogP contribution is 2.36. The lowest BCUT2D eigenvalue weighted by atomic mass is 10.0. The number of fused-ring (bicyclic) bond motifs is 1. The second-order valence-electron chi connectivity index (χ2n) is 11.5. The lowest BCUT2D eigenvalue weighted by Gasteiger charge is -2.34. The van der Waals surface area contributed by atoms with Crippen LogP contribution in [0.3, 0.4) is 0 Å². The maximum absolute atomic E-state index is 14.6. The van der Waals surface area contributed by atoms with E-state index in [1.165, 1.54) is 17.0 Å². The SMILES string of the molecule is CC(C)CNC(=O)[C@@H](Cc1ccccc1)N(Cc1ccccc1)C(=O)CN(c1ccc2c(c1)OCCO2)S(=O)(=O)c1ccccc1. The third-order valence-electron chi connectivity index (χ3n) is 7.58. The highest BCUT2D eigenvalue weighted by Gasteiger charge is 2.35. The van der Waals surface area contributed by atoms with E-state index >= 15 is 0 Å². The van der Waals surface area contributed by atoms with E-state index in [9.17, 15) is 18.0 Å². The minimum Gasteiger partial charge on any atom is -0.486 e. The maximum atomic E-state index is 14.6. The second-order valence-corrected chi connectivity index (χ2v) is 13.4. The van der Waals surface area contributed by atoms with Gasteiger partial charge in [0.05, 0.1) is 10.6 Å². The summed E-state index contributed by atoms with van der Waals surface area (Å²) >= 11 is 0. The number of sulfonamides is 1. The van der Waals surface area contributed by atoms with Crippen LogP contribution >= 0.6 is 0 Å². The van der Waals surface area contributed by atoms with Crippen LogP contribution in [0, 0.1) is 5.92 Å². The van der Waals surface area contributed by atoms with Gasteiger partial charge in [-0.05, 0) is 41.3 Å². The van der Waals surface area contributed by atoms with Crippen LogP contribution in [-0.2, 0) is 32.6 Å². The van der Waals surface area contributed by atoms with Gasteiger partial charge in [-0.1, -0.05) is 92.7 Å². The molecule has 240 valence electrons. The monoisotopic (exact) mass is 641 g/mol. The third kappa shape index (κ3) is 8.06. The quantitative estimate of drug-likeness (QED) is 0.219. The molecule has 0 spiro atoms. The summed E-state index contributed by atoms with van der Waals surface area (Å²) < 4.78 is 40.9. The van der Waals surface area contributed by atoms with Gasteiger partial charge in [0, 0.05) is 25.6 Å². The zero-order valence-electron chi connectivity index (χ0n) is 26.0. The molecule has 0 aromatic heterocycles. The highest BCUT2D eigenvalue weighted by atomic mass is 32.2. The molecule has 10 heteroatoms. The normalized spacial score (nSPS) is 13.1. The first-order chi connectivity index (χ1) is 22.2. The number of carbonyl (C=O) groups excluding carboxylic acids is 2. The number of hydrogen-bond donors (Lipinski definition) is 1. The van der Waals surface area contributed by atoms with Gasteiger partial charge in [0.15, 0.2) is 11.5 Å². The summed E-state index contributed by atoms with van der Waals surface area (Å²) in [6, 6.07) is 30.7. The van der Waals surface area contributed by atoms with Crippen molar-refractivity contribution in [2.75, 3.05) is 30.6 Å². The van der Waals surface area contributed by atoms with Gasteiger partial charge >= 0.3 is 0 Å². The Labute approximate surface area is 270 Å². The molecule has 1 aliphatic heterocycles. The van der Waals surface area contributed by atoms with E-state index in [-0.39, 0.29) is 35.4 Å². The van der Waals surface area contributed by atoms with Crippen molar-refractivity contribution in [1.29, 1.82) is 0 Å². The molecule has 1 heterocycles. The highest BCUT2D eigenvalue weighted by molar-refractivity contribution is 7.92. The Balaban J connectivity index is 1.56. The smallest absolute Gasteiger partial charge is 0.264 e. The van der Waals surface area contributed by atoms with E-state index in [2.05, 4.69) is 5.32 Å². The molecule has 9 nitrogen and oxygen atoms in total. The summed E-state index contributed by atoms with van der Waals surface area (Å²) in [5.41, 5.74) is 1.92. The van der Waals surface area contributed by atoms with Gasteiger partial charge in [-0.2, -0.15) is 0 Å². The Morgan fingerprint density at radius 2 is 1.37 bits per heavy atom. The van der Waals surface area contributed by atoms with Gasteiger partial charge in [0.2, 0.25) is 11.8 Å². The van der Waals surface area contributed by atoms with E-state index in [1.54, 1.807) is 36.4 Å². The van der Waals surface area contributed by atoms with Crippen LogP contribution in [0.4, 0.5) is 5.69 Å². The summed E-state index contributed by atoms with van der Waals surface area (Å²) in [6.07, 6.45) is 0.249. The molecule has 0 bridgehead atoms. The molecular weight excluding hydrogens is 602 g/mol. The van der Waals surface area contributed by atoms with Crippen LogP contribution in [0.5, 0.6) is 11.5 Å². The summed E-state index contributed by atoms with van der Waals surface area (Å²) in [5.74, 6) is 0.244. The molecule has 1 aliphatic rings. The average molecular weight is 642 g/mol. The van der Waals surface area contributed by atoms with Crippen LogP contribution in [0.1, 0.15) is 25.0 Å². The Morgan fingerprint density at radius 3 is 2.00 bits per heavy atom. The largest absolute Gasteiger partial charge is 0.486 e. The van der Waals surface area contributed by atoms with Crippen LogP contribution in [0.25, 0.3) is 0 Å². The molecule has 0 aliphatic carbocycles. The first-order valence-electron chi connectivity index (χ1n) is 15.3.